The van der Waals surface area contributed by atoms with Crippen LogP contribution in [0.5, 0.6) is 0 Å². The Balaban J connectivity index is 1.84. The van der Waals surface area contributed by atoms with E-state index in [1.54, 1.807) is 4.68 Å². The first-order chi connectivity index (χ1) is 12.8. The molecule has 5 heteroatoms. The Morgan fingerprint density at radius 3 is 2.42 bits per heavy atom. The van der Waals surface area contributed by atoms with Crippen LogP contribution in [0.1, 0.15) is 16.1 Å². The minimum absolute atomic E-state index is 0.366. The van der Waals surface area contributed by atoms with Gasteiger partial charge in [-0.15, -0.1) is 0 Å². The molecule has 5 nitrogen and oxygen atoms in total. The number of carbonyl (C=O) groups is 1. The summed E-state index contributed by atoms with van der Waals surface area (Å²) >= 11 is 0. The normalized spacial score (nSPS) is 13.5. The summed E-state index contributed by atoms with van der Waals surface area (Å²) < 4.78 is 6.95. The van der Waals surface area contributed by atoms with Gasteiger partial charge in [-0.25, -0.2) is 14.5 Å². The highest BCUT2D eigenvalue weighted by Gasteiger charge is 2.24. The number of hydrogen-bond donors (Lipinski definition) is 0. The third-order valence-corrected chi connectivity index (χ3v) is 4.58. The Kier molecular flexibility index (Phi) is 3.31. The van der Waals surface area contributed by atoms with Crippen molar-refractivity contribution in [2.75, 3.05) is 6.61 Å². The molecule has 3 heterocycles. The molecule has 0 radical (unpaired) electrons. The first kappa shape index (κ1) is 14.8. The Morgan fingerprint density at radius 1 is 0.923 bits per heavy atom. The van der Waals surface area contributed by atoms with Crippen LogP contribution in [-0.4, -0.2) is 27.3 Å². The number of rotatable bonds is 2. The Hall–Kier alpha value is -3.47. The third-order valence-electron chi connectivity index (χ3n) is 4.58. The predicted molar refractivity (Wildman–Crippen MR) is 98.3 cm³/mol. The fourth-order valence-corrected chi connectivity index (χ4v) is 3.33. The zero-order valence-corrected chi connectivity index (χ0v) is 13.9. The van der Waals surface area contributed by atoms with Gasteiger partial charge < -0.3 is 4.74 Å². The van der Waals surface area contributed by atoms with Crippen LogP contribution in [0, 0.1) is 0 Å². The molecule has 0 atom stereocenters. The van der Waals surface area contributed by atoms with Gasteiger partial charge in [0, 0.05) is 17.4 Å². The first-order valence-corrected chi connectivity index (χ1v) is 8.52. The van der Waals surface area contributed by atoms with E-state index in [4.69, 9.17) is 9.84 Å². The molecule has 2 aromatic carbocycles. The van der Waals surface area contributed by atoms with Crippen LogP contribution in [0.4, 0.5) is 0 Å². The minimum Gasteiger partial charge on any atom is -0.461 e. The Labute approximate surface area is 149 Å². The molecule has 5 rings (SSSR count). The lowest BCUT2D eigenvalue weighted by atomic mass is 10.0. The zero-order valence-electron chi connectivity index (χ0n) is 13.9. The van der Waals surface area contributed by atoms with Crippen molar-refractivity contribution in [1.82, 2.24) is 14.8 Å². The molecular formula is C21H15N3O2. The van der Waals surface area contributed by atoms with Crippen LogP contribution in [0.3, 0.4) is 0 Å². The van der Waals surface area contributed by atoms with Gasteiger partial charge in [0.2, 0.25) is 0 Å². The van der Waals surface area contributed by atoms with Crippen molar-refractivity contribution in [1.29, 1.82) is 0 Å². The molecule has 0 bridgehead atoms. The van der Waals surface area contributed by atoms with Gasteiger partial charge >= 0.3 is 5.97 Å². The molecule has 1 aliphatic rings. The average Bonchev–Trinajstić information content (AvgIpc) is 3.07. The molecule has 2 aromatic heterocycles. The number of para-hydroxylation sites is 1. The van der Waals surface area contributed by atoms with Crippen LogP contribution in [-0.2, 0) is 11.2 Å². The highest BCUT2D eigenvalue weighted by atomic mass is 16.5. The van der Waals surface area contributed by atoms with Crippen molar-refractivity contribution in [2.24, 2.45) is 0 Å². The highest BCUT2D eigenvalue weighted by molar-refractivity contribution is 5.97. The van der Waals surface area contributed by atoms with Crippen LogP contribution < -0.4 is 0 Å². The second kappa shape index (κ2) is 5.81. The number of cyclic esters (lactones) is 1. The summed E-state index contributed by atoms with van der Waals surface area (Å²) in [5.41, 5.74) is 4.74. The maximum Gasteiger partial charge on any atom is 0.357 e. The van der Waals surface area contributed by atoms with E-state index < -0.39 is 0 Å². The van der Waals surface area contributed by atoms with Crippen molar-refractivity contribution >= 4 is 17.0 Å². The first-order valence-electron chi connectivity index (χ1n) is 8.52. The van der Waals surface area contributed by atoms with E-state index in [0.717, 1.165) is 27.9 Å². The average molecular weight is 341 g/mol. The van der Waals surface area contributed by atoms with E-state index in [1.807, 2.05) is 66.7 Å². The van der Waals surface area contributed by atoms with Gasteiger partial charge in [-0.2, -0.15) is 5.10 Å². The van der Waals surface area contributed by atoms with Crippen LogP contribution in [0.15, 0.2) is 66.7 Å². The molecule has 0 fully saturated rings. The minimum atomic E-state index is -0.366. The van der Waals surface area contributed by atoms with Crippen LogP contribution in [0.25, 0.3) is 28.0 Å². The largest absolute Gasteiger partial charge is 0.461 e. The van der Waals surface area contributed by atoms with E-state index in [1.165, 1.54) is 0 Å². The molecule has 1 aliphatic heterocycles. The fourth-order valence-electron chi connectivity index (χ4n) is 3.33. The number of hydrogen-bond acceptors (Lipinski definition) is 4. The quantitative estimate of drug-likeness (QED) is 0.520. The summed E-state index contributed by atoms with van der Waals surface area (Å²) in [5.74, 6) is -0.366. The number of fused-ring (bicyclic) bond motifs is 2. The van der Waals surface area contributed by atoms with Gasteiger partial charge in [0.05, 0.1) is 12.3 Å². The molecule has 0 unspecified atom stereocenters. The lowest BCUT2D eigenvalue weighted by Gasteiger charge is -2.14. The van der Waals surface area contributed by atoms with Crippen LogP contribution >= 0.6 is 0 Å². The van der Waals surface area contributed by atoms with Gasteiger partial charge in [-0.3, -0.25) is 0 Å². The smallest absolute Gasteiger partial charge is 0.357 e. The number of esters is 1. The molecular weight excluding hydrogens is 326 g/mol. The topological polar surface area (TPSA) is 57.0 Å². The lowest BCUT2D eigenvalue weighted by Crippen LogP contribution is -2.19. The Bertz CT molecular complexity index is 1120. The van der Waals surface area contributed by atoms with Gasteiger partial charge in [0.25, 0.3) is 0 Å². The van der Waals surface area contributed by atoms with Crippen molar-refractivity contribution in [3.05, 3.63) is 78.0 Å². The Morgan fingerprint density at radius 2 is 1.65 bits per heavy atom. The van der Waals surface area contributed by atoms with E-state index >= 15 is 0 Å². The van der Waals surface area contributed by atoms with Crippen molar-refractivity contribution < 1.29 is 9.53 Å². The van der Waals surface area contributed by atoms with Gasteiger partial charge in [-0.1, -0.05) is 48.5 Å². The SMILES string of the molecule is O=C1OCCc2cc3c(-c4ccccc4)nn(-c4ccccc4)c3nc21. The van der Waals surface area contributed by atoms with E-state index in [2.05, 4.69) is 4.98 Å². The van der Waals surface area contributed by atoms with Gasteiger partial charge in [-0.05, 0) is 23.8 Å². The number of benzene rings is 2. The van der Waals surface area contributed by atoms with Crippen molar-refractivity contribution in [3.8, 4) is 16.9 Å². The summed E-state index contributed by atoms with van der Waals surface area (Å²) in [7, 11) is 0. The molecule has 0 saturated carbocycles. The van der Waals surface area contributed by atoms with E-state index in [-0.39, 0.29) is 5.97 Å². The number of pyridine rings is 1. The van der Waals surface area contributed by atoms with Crippen LogP contribution in [0.2, 0.25) is 0 Å². The third kappa shape index (κ3) is 2.29. The molecule has 0 saturated heterocycles. The van der Waals surface area contributed by atoms with E-state index in [9.17, 15) is 4.79 Å². The highest BCUT2D eigenvalue weighted by Crippen LogP contribution is 2.31. The molecule has 4 aromatic rings. The number of carbonyl (C=O) groups excluding carboxylic acids is 1. The van der Waals surface area contributed by atoms with Crippen molar-refractivity contribution in [3.63, 3.8) is 0 Å². The summed E-state index contributed by atoms with van der Waals surface area (Å²) in [5, 5.41) is 5.77. The standard InChI is InChI=1S/C21H15N3O2/c25-21-19-15(11-12-26-21)13-17-18(14-7-3-1-4-8-14)23-24(20(17)22-19)16-9-5-2-6-10-16/h1-10,13H,11-12H2. The summed E-state index contributed by atoms with van der Waals surface area (Å²) in [4.78, 5) is 16.8. The van der Waals surface area contributed by atoms with E-state index in [0.29, 0.717) is 24.4 Å². The molecule has 26 heavy (non-hydrogen) atoms. The molecule has 126 valence electrons. The zero-order chi connectivity index (χ0) is 17.5. The lowest BCUT2D eigenvalue weighted by molar-refractivity contribution is 0.0472. The molecule has 0 spiro atoms. The number of aromatic nitrogens is 3. The number of ether oxygens (including phenoxy) is 1. The molecule has 0 amide bonds. The maximum absolute atomic E-state index is 12.1. The van der Waals surface area contributed by atoms with Gasteiger partial charge in [0.15, 0.2) is 11.3 Å². The summed E-state index contributed by atoms with van der Waals surface area (Å²) in [6, 6.07) is 21.9. The second-order valence-corrected chi connectivity index (χ2v) is 6.22. The second-order valence-electron chi connectivity index (χ2n) is 6.22. The molecule has 0 N–H and O–H groups in total. The predicted octanol–water partition coefficient (Wildman–Crippen LogP) is 3.80. The van der Waals surface area contributed by atoms with Crippen molar-refractivity contribution in [2.45, 2.75) is 6.42 Å². The monoisotopic (exact) mass is 341 g/mol. The number of nitrogens with zero attached hydrogens (tertiary/aromatic N) is 3. The molecule has 0 aliphatic carbocycles. The fraction of sp³-hybridized carbons (Fsp3) is 0.0952. The summed E-state index contributed by atoms with van der Waals surface area (Å²) in [6.45, 7) is 0.395. The summed E-state index contributed by atoms with van der Waals surface area (Å²) in [6.07, 6.45) is 0.675. The maximum atomic E-state index is 12.1. The van der Waals surface area contributed by atoms with Gasteiger partial charge in [0.1, 0.15) is 5.69 Å².